The highest BCUT2D eigenvalue weighted by molar-refractivity contribution is 5.99. The molecule has 3 fully saturated rings. The number of piperidine rings is 1. The Morgan fingerprint density at radius 2 is 1.19 bits per heavy atom. The number of amides is 7. The maximum absolute atomic E-state index is 15.4. The number of hydrogen-bond donors (Lipinski definition) is 9. The lowest BCUT2D eigenvalue weighted by Crippen LogP contribution is -2.61. The molecule has 412 valence electrons. The molecule has 1 aromatic heterocycles. The predicted molar refractivity (Wildman–Crippen MR) is 296 cm³/mol. The minimum atomic E-state index is -1.41. The van der Waals surface area contributed by atoms with Gasteiger partial charge in [0, 0.05) is 55.9 Å². The molecule has 79 heavy (non-hydrogen) atoms. The summed E-state index contributed by atoms with van der Waals surface area (Å²) in [6.45, 7) is 1.74. The third-order valence-corrected chi connectivity index (χ3v) is 14.8. The smallest absolute Gasteiger partial charge is 0.407 e. The van der Waals surface area contributed by atoms with Crippen LogP contribution in [0.25, 0.3) is 10.9 Å². The Bertz CT molecular complexity index is 3050. The van der Waals surface area contributed by atoms with Crippen molar-refractivity contribution < 1.29 is 43.0 Å². The molecule has 0 radical (unpaired) electrons. The van der Waals surface area contributed by atoms with Crippen LogP contribution < -0.4 is 47.7 Å². The van der Waals surface area contributed by atoms with Crippen molar-refractivity contribution in [3.05, 3.63) is 174 Å². The molecule has 0 spiro atoms. The van der Waals surface area contributed by atoms with Crippen LogP contribution in [0, 0.1) is 5.92 Å². The number of aromatic nitrogens is 1. The van der Waals surface area contributed by atoms with E-state index in [1.54, 1.807) is 85.1 Å². The Labute approximate surface area is 458 Å². The molecule has 0 aliphatic carbocycles. The summed E-state index contributed by atoms with van der Waals surface area (Å²) in [6, 6.07) is 34.0. The van der Waals surface area contributed by atoms with Crippen LogP contribution in [0.15, 0.2) is 146 Å². The summed E-state index contributed by atoms with van der Waals surface area (Å²) in [5.41, 5.74) is 9.84. The lowest BCUT2D eigenvalue weighted by atomic mass is 9.90. The van der Waals surface area contributed by atoms with Crippen LogP contribution in [0.4, 0.5) is 4.79 Å². The predicted octanol–water partition coefficient (Wildman–Crippen LogP) is 3.63. The minimum absolute atomic E-state index is 0.00557. The van der Waals surface area contributed by atoms with Crippen molar-refractivity contribution in [3.8, 4) is 5.75 Å². The van der Waals surface area contributed by atoms with Gasteiger partial charge in [-0.1, -0.05) is 121 Å². The Balaban J connectivity index is 1.11. The van der Waals surface area contributed by atoms with Gasteiger partial charge in [0.2, 0.25) is 35.4 Å². The lowest BCUT2D eigenvalue weighted by molar-refractivity contribution is -0.143. The Morgan fingerprint density at radius 1 is 0.608 bits per heavy atom. The third kappa shape index (κ3) is 14.7. The molecule has 6 aromatic rings. The van der Waals surface area contributed by atoms with Crippen molar-refractivity contribution in [1.82, 2.24) is 47.1 Å². The number of alkyl carbamates (subject to hydrolysis) is 1. The Morgan fingerprint density at radius 3 is 1.90 bits per heavy atom. The molecule has 7 amide bonds. The standard InChI is InChI=1S/C60H68N10O9/c61-26-29-63-60(77)79-45-34-52-57(74)69-53(42-16-8-3-9-17-42)58(75)67-50(33-43-35-64-47-19-11-10-18-46(43)47)56(73)66-49(31-40-24-27-62-28-25-40)54(71)65-48(30-39-20-22-44(23-21-39)78-37-41-14-6-2-7-15-41)55(72)68-51(59(76)70(52)36-45)32-38-12-4-1-5-13-38/h1-23,35,40,45,48-53,62,64H,24-34,36-37,61H2,(H,63,77)(H,65,71)(H,66,73)(H,67,75)(H,68,72)(H,69,74)/t45-,48+,49+,50-,51+,52+,53+/m1/s1. The van der Waals surface area contributed by atoms with E-state index < -0.39 is 83.9 Å². The number of nitrogens with two attached hydrogens (primary N) is 1. The molecule has 7 atom stereocenters. The Kier molecular flexibility index (Phi) is 18.6. The van der Waals surface area contributed by atoms with E-state index in [1.165, 1.54) is 4.90 Å². The van der Waals surface area contributed by atoms with Crippen molar-refractivity contribution in [1.29, 1.82) is 0 Å². The monoisotopic (exact) mass is 1070 g/mol. The number of rotatable bonds is 15. The van der Waals surface area contributed by atoms with Crippen molar-refractivity contribution in [2.24, 2.45) is 11.7 Å². The van der Waals surface area contributed by atoms with Crippen LogP contribution in [-0.2, 0) is 59.4 Å². The molecule has 3 aliphatic heterocycles. The van der Waals surface area contributed by atoms with Crippen LogP contribution in [0.5, 0.6) is 5.75 Å². The highest BCUT2D eigenvalue weighted by Gasteiger charge is 2.45. The van der Waals surface area contributed by atoms with Gasteiger partial charge in [-0.05, 0) is 84.3 Å². The number of H-pyrrole nitrogens is 1. The highest BCUT2D eigenvalue weighted by Crippen LogP contribution is 2.27. The number of aromatic amines is 1. The molecule has 0 bridgehead atoms. The lowest BCUT2D eigenvalue weighted by Gasteiger charge is -2.32. The molecule has 9 rings (SSSR count). The van der Waals surface area contributed by atoms with Gasteiger partial charge in [0.25, 0.3) is 0 Å². The molecule has 3 saturated heterocycles. The fourth-order valence-electron chi connectivity index (χ4n) is 10.6. The molecule has 19 nitrogen and oxygen atoms in total. The maximum atomic E-state index is 15.4. The van der Waals surface area contributed by atoms with E-state index in [-0.39, 0.29) is 57.7 Å². The molecule has 3 aliphatic rings. The zero-order valence-corrected chi connectivity index (χ0v) is 43.9. The number of carbonyl (C=O) groups excluding carboxylic acids is 7. The number of nitrogens with zero attached hydrogens (tertiary/aromatic N) is 1. The molecule has 0 unspecified atom stereocenters. The van der Waals surface area contributed by atoms with Crippen molar-refractivity contribution in [3.63, 3.8) is 0 Å². The average molecular weight is 1070 g/mol. The number of benzene rings is 5. The minimum Gasteiger partial charge on any atom is -0.489 e. The number of carbonyl (C=O) groups is 7. The Hall–Kier alpha value is -8.55. The van der Waals surface area contributed by atoms with Crippen LogP contribution in [0.2, 0.25) is 0 Å². The van der Waals surface area contributed by atoms with E-state index in [0.717, 1.165) is 29.3 Å². The molecule has 5 aromatic carbocycles. The van der Waals surface area contributed by atoms with E-state index in [4.69, 9.17) is 15.2 Å². The number of ether oxygens (including phenoxy) is 2. The zero-order valence-electron chi connectivity index (χ0n) is 43.9. The normalized spacial score (nSPS) is 22.7. The molecule has 4 heterocycles. The SMILES string of the molecule is NCCNC(=O)O[C@@H]1C[C@H]2C(=O)N[C@@H](c3ccccc3)C(=O)N[C@H](Cc3c[nH]c4ccccc34)C(=O)N[C@@H](CC3CCNCC3)C(=O)N[C@@H](Cc3ccc(OCc4ccccc4)cc3)C(=O)N[C@@H](Cc3ccccc3)C(=O)N2C1. The van der Waals surface area contributed by atoms with Gasteiger partial charge in [-0.15, -0.1) is 0 Å². The second-order valence-corrected chi connectivity index (χ2v) is 20.4. The van der Waals surface area contributed by atoms with Gasteiger partial charge >= 0.3 is 6.09 Å². The van der Waals surface area contributed by atoms with Gasteiger partial charge in [0.15, 0.2) is 0 Å². The summed E-state index contributed by atoms with van der Waals surface area (Å²) in [5, 5.41) is 21.5. The number of para-hydroxylation sites is 1. The van der Waals surface area contributed by atoms with Crippen molar-refractivity contribution in [2.75, 3.05) is 32.7 Å². The van der Waals surface area contributed by atoms with Crippen LogP contribution >= 0.6 is 0 Å². The van der Waals surface area contributed by atoms with E-state index >= 15 is 28.8 Å². The second-order valence-electron chi connectivity index (χ2n) is 20.4. The van der Waals surface area contributed by atoms with E-state index in [2.05, 4.69) is 42.2 Å². The average Bonchev–Trinajstić information content (AvgIpc) is 4.19. The number of hydrogen-bond acceptors (Lipinski definition) is 11. The van der Waals surface area contributed by atoms with E-state index in [9.17, 15) is 4.79 Å². The third-order valence-electron chi connectivity index (χ3n) is 14.8. The molecular formula is C60H68N10O9. The first-order valence-corrected chi connectivity index (χ1v) is 27.0. The topological polar surface area (TPSA) is 267 Å². The number of nitrogens with one attached hydrogen (secondary N) is 8. The molecule has 19 heteroatoms. The van der Waals surface area contributed by atoms with Gasteiger partial charge < -0.3 is 62.3 Å². The summed E-state index contributed by atoms with van der Waals surface area (Å²) in [7, 11) is 0. The van der Waals surface area contributed by atoms with Gasteiger partial charge in [0.1, 0.15) is 54.7 Å². The summed E-state index contributed by atoms with van der Waals surface area (Å²) < 4.78 is 11.8. The molecule has 10 N–H and O–H groups in total. The zero-order chi connectivity index (χ0) is 55.1. The quantitative estimate of drug-likeness (QED) is 0.0717. The van der Waals surface area contributed by atoms with Gasteiger partial charge in [-0.2, -0.15) is 0 Å². The number of fused-ring (bicyclic) bond motifs is 2. The van der Waals surface area contributed by atoms with Gasteiger partial charge in [-0.25, -0.2) is 4.79 Å². The first-order chi connectivity index (χ1) is 38.5. The van der Waals surface area contributed by atoms with Crippen LogP contribution in [0.1, 0.15) is 59.5 Å². The molecular weight excluding hydrogens is 1000 g/mol. The maximum Gasteiger partial charge on any atom is 0.407 e. The summed E-state index contributed by atoms with van der Waals surface area (Å²) in [5.74, 6) is -3.59. The second kappa shape index (κ2) is 26.7. The van der Waals surface area contributed by atoms with E-state index in [0.29, 0.717) is 47.7 Å². The largest absolute Gasteiger partial charge is 0.489 e. The van der Waals surface area contributed by atoms with Crippen LogP contribution in [0.3, 0.4) is 0 Å². The van der Waals surface area contributed by atoms with Gasteiger partial charge in [-0.3, -0.25) is 28.8 Å². The van der Waals surface area contributed by atoms with E-state index in [1.807, 2.05) is 60.7 Å². The van der Waals surface area contributed by atoms with Crippen molar-refractivity contribution >= 4 is 52.4 Å². The fourth-order valence-corrected chi connectivity index (χ4v) is 10.6. The summed E-state index contributed by atoms with van der Waals surface area (Å²) in [4.78, 5) is 108. The highest BCUT2D eigenvalue weighted by atomic mass is 16.6. The van der Waals surface area contributed by atoms with Crippen molar-refractivity contribution in [2.45, 2.75) is 93.9 Å². The molecule has 0 saturated carbocycles. The van der Waals surface area contributed by atoms with Crippen LogP contribution in [-0.4, -0.2) is 120 Å². The first-order valence-electron chi connectivity index (χ1n) is 27.0. The fraction of sp³-hybridized carbons (Fsp3) is 0.350. The van der Waals surface area contributed by atoms with Gasteiger partial charge in [0.05, 0.1) is 6.54 Å². The summed E-state index contributed by atoms with van der Waals surface area (Å²) in [6.07, 6.45) is 1.35. The summed E-state index contributed by atoms with van der Waals surface area (Å²) >= 11 is 0. The first kappa shape index (κ1) is 55.2.